The maximum absolute atomic E-state index is 12.1. The Bertz CT molecular complexity index is 1460. The molecule has 1 aromatic heterocycles. The second kappa shape index (κ2) is 17.9. The summed E-state index contributed by atoms with van der Waals surface area (Å²) in [4.78, 5) is 12.1. The molecule has 0 bridgehead atoms. The Morgan fingerprint density at radius 3 is 2.02 bits per heavy atom. The molecule has 232 valence electrons. The summed E-state index contributed by atoms with van der Waals surface area (Å²) in [6, 6.07) is 19.6. The van der Waals surface area contributed by atoms with Gasteiger partial charge in [-0.05, 0) is 77.6 Å². The van der Waals surface area contributed by atoms with Gasteiger partial charge >= 0.3 is 5.63 Å². The lowest BCUT2D eigenvalue weighted by Gasteiger charge is -2.18. The van der Waals surface area contributed by atoms with Gasteiger partial charge in [0.2, 0.25) is 0 Å². The van der Waals surface area contributed by atoms with Crippen LogP contribution in [0.1, 0.15) is 133 Å². The standard InChI is InChI=1S/C22H38O3.C18H16/c1-3-5-7-9-10-11-12-13-14-16-19-18-21(23)20(22(24)25-19)17-15-8-6-4-2;1-3-7-15-13(5-1)9-11-18-16-8-4-2-6-14(16)10-12-17(15)18/h18,23H,3-17H2,1-2H3;1,3,5,7,9-12H,2,4,6,8H2. The van der Waals surface area contributed by atoms with Gasteiger partial charge in [0.15, 0.2) is 0 Å². The van der Waals surface area contributed by atoms with Crippen LogP contribution < -0.4 is 5.63 Å². The predicted molar refractivity (Wildman–Crippen MR) is 184 cm³/mol. The summed E-state index contributed by atoms with van der Waals surface area (Å²) in [5.74, 6) is 0.751. The zero-order valence-electron chi connectivity index (χ0n) is 26.9. The molecule has 0 saturated heterocycles. The highest BCUT2D eigenvalue weighted by Gasteiger charge is 2.13. The molecule has 3 heteroatoms. The Labute approximate surface area is 259 Å². The van der Waals surface area contributed by atoms with Crippen LogP contribution in [0, 0.1) is 0 Å². The monoisotopic (exact) mass is 582 g/mol. The third-order valence-electron chi connectivity index (χ3n) is 9.14. The number of benzene rings is 3. The molecule has 0 amide bonds. The molecule has 0 saturated carbocycles. The third kappa shape index (κ3) is 9.71. The topological polar surface area (TPSA) is 50.4 Å². The summed E-state index contributed by atoms with van der Waals surface area (Å²) in [5, 5.41) is 15.8. The average molecular weight is 583 g/mol. The Kier molecular flexibility index (Phi) is 13.7. The van der Waals surface area contributed by atoms with Gasteiger partial charge in [0.25, 0.3) is 0 Å². The number of unbranched alkanes of at least 4 members (excludes halogenated alkanes) is 11. The van der Waals surface area contributed by atoms with E-state index in [0.717, 1.165) is 38.5 Å². The van der Waals surface area contributed by atoms with Crippen LogP contribution in [0.15, 0.2) is 63.8 Å². The van der Waals surface area contributed by atoms with Gasteiger partial charge in [-0.3, -0.25) is 0 Å². The third-order valence-corrected chi connectivity index (χ3v) is 9.14. The van der Waals surface area contributed by atoms with Crippen LogP contribution >= 0.6 is 0 Å². The molecule has 1 heterocycles. The average Bonchev–Trinajstić information content (AvgIpc) is 3.03. The maximum atomic E-state index is 12.1. The van der Waals surface area contributed by atoms with Gasteiger partial charge in [0.05, 0.1) is 5.56 Å². The molecule has 1 N–H and O–H groups in total. The highest BCUT2D eigenvalue weighted by molar-refractivity contribution is 6.08. The van der Waals surface area contributed by atoms with Crippen LogP contribution in [0.3, 0.4) is 0 Å². The van der Waals surface area contributed by atoms with Crippen molar-refractivity contribution < 1.29 is 9.52 Å². The van der Waals surface area contributed by atoms with Crippen molar-refractivity contribution in [1.29, 1.82) is 0 Å². The van der Waals surface area contributed by atoms with E-state index < -0.39 is 0 Å². The summed E-state index contributed by atoms with van der Waals surface area (Å²) < 4.78 is 5.40. The van der Waals surface area contributed by atoms with Gasteiger partial charge in [0, 0.05) is 12.5 Å². The molecule has 4 aromatic rings. The van der Waals surface area contributed by atoms with E-state index in [1.807, 2.05) is 0 Å². The smallest absolute Gasteiger partial charge is 0.342 e. The molecule has 0 fully saturated rings. The molecule has 1 aliphatic carbocycles. The number of fused-ring (bicyclic) bond motifs is 5. The van der Waals surface area contributed by atoms with Gasteiger partial charge in [0.1, 0.15) is 11.5 Å². The molecule has 1 aliphatic rings. The van der Waals surface area contributed by atoms with Crippen molar-refractivity contribution in [3.8, 4) is 5.75 Å². The lowest BCUT2D eigenvalue weighted by Crippen LogP contribution is -2.09. The first-order valence-corrected chi connectivity index (χ1v) is 17.4. The SMILES string of the molecule is CCCCCCCCCCCc1cc(O)c(CCCCCC)c(=O)o1.c1ccc2c(c1)ccc1c3c(ccc12)CCCC3. The molecule has 0 atom stereocenters. The van der Waals surface area contributed by atoms with Crippen LogP contribution in [0.5, 0.6) is 5.75 Å². The minimum atomic E-state index is -0.345. The summed E-state index contributed by atoms with van der Waals surface area (Å²) in [6.07, 6.45) is 22.4. The summed E-state index contributed by atoms with van der Waals surface area (Å²) in [7, 11) is 0. The normalized spacial score (nSPS) is 12.7. The molecule has 0 radical (unpaired) electrons. The molecular weight excluding hydrogens is 528 g/mol. The zero-order chi connectivity index (χ0) is 30.3. The number of hydrogen-bond donors (Lipinski definition) is 1. The van der Waals surface area contributed by atoms with E-state index in [1.165, 1.54) is 98.6 Å². The number of aryl methyl sites for hydroxylation is 3. The number of aromatic hydroxyl groups is 1. The Hall–Kier alpha value is -3.07. The van der Waals surface area contributed by atoms with E-state index in [1.54, 1.807) is 17.2 Å². The highest BCUT2D eigenvalue weighted by Crippen LogP contribution is 2.33. The summed E-state index contributed by atoms with van der Waals surface area (Å²) in [5.41, 5.74) is 3.28. The van der Waals surface area contributed by atoms with Crippen molar-refractivity contribution in [2.75, 3.05) is 0 Å². The second-order valence-electron chi connectivity index (χ2n) is 12.5. The van der Waals surface area contributed by atoms with Gasteiger partial charge in [-0.1, -0.05) is 133 Å². The number of rotatable bonds is 15. The molecular formula is C40H54O3. The maximum Gasteiger partial charge on any atom is 0.342 e. The lowest BCUT2D eigenvalue weighted by molar-refractivity contribution is 0.405. The van der Waals surface area contributed by atoms with Gasteiger partial charge in [-0.2, -0.15) is 0 Å². The Balaban J connectivity index is 0.000000205. The zero-order valence-corrected chi connectivity index (χ0v) is 26.9. The quantitative estimate of drug-likeness (QED) is 0.112. The van der Waals surface area contributed by atoms with Crippen molar-refractivity contribution in [3.63, 3.8) is 0 Å². The molecule has 43 heavy (non-hydrogen) atoms. The second-order valence-corrected chi connectivity index (χ2v) is 12.5. The van der Waals surface area contributed by atoms with Crippen LogP contribution in [0.25, 0.3) is 21.5 Å². The van der Waals surface area contributed by atoms with Crippen molar-refractivity contribution in [1.82, 2.24) is 0 Å². The van der Waals surface area contributed by atoms with Crippen molar-refractivity contribution >= 4 is 21.5 Å². The van der Waals surface area contributed by atoms with E-state index in [9.17, 15) is 9.90 Å². The fourth-order valence-corrected chi connectivity index (χ4v) is 6.59. The van der Waals surface area contributed by atoms with Crippen LogP contribution in [-0.2, 0) is 25.7 Å². The first-order valence-electron chi connectivity index (χ1n) is 17.4. The molecule has 0 spiro atoms. The molecule has 5 rings (SSSR count). The molecule has 0 unspecified atom stereocenters. The first kappa shape index (κ1) is 32.8. The Morgan fingerprint density at radius 1 is 0.651 bits per heavy atom. The molecule has 3 aromatic carbocycles. The fourth-order valence-electron chi connectivity index (χ4n) is 6.59. The van der Waals surface area contributed by atoms with E-state index >= 15 is 0 Å². The molecule has 0 aliphatic heterocycles. The minimum Gasteiger partial charge on any atom is -0.507 e. The highest BCUT2D eigenvalue weighted by atomic mass is 16.4. The Morgan fingerprint density at radius 2 is 1.28 bits per heavy atom. The predicted octanol–water partition coefficient (Wildman–Crippen LogP) is 11.4. The van der Waals surface area contributed by atoms with Crippen LogP contribution in [-0.4, -0.2) is 5.11 Å². The molecule has 3 nitrogen and oxygen atoms in total. The van der Waals surface area contributed by atoms with Crippen molar-refractivity contribution in [3.05, 3.63) is 87.5 Å². The van der Waals surface area contributed by atoms with Gasteiger partial charge in [-0.15, -0.1) is 0 Å². The van der Waals surface area contributed by atoms with E-state index in [2.05, 4.69) is 62.4 Å². The largest absolute Gasteiger partial charge is 0.507 e. The van der Waals surface area contributed by atoms with Crippen molar-refractivity contribution in [2.24, 2.45) is 0 Å². The van der Waals surface area contributed by atoms with E-state index in [4.69, 9.17) is 4.42 Å². The minimum absolute atomic E-state index is 0.124. The lowest BCUT2D eigenvalue weighted by atomic mass is 9.86. The first-order chi connectivity index (χ1) is 21.1. The van der Waals surface area contributed by atoms with E-state index in [-0.39, 0.29) is 11.4 Å². The van der Waals surface area contributed by atoms with Gasteiger partial charge in [-0.25, -0.2) is 4.79 Å². The summed E-state index contributed by atoms with van der Waals surface area (Å²) in [6.45, 7) is 4.41. The van der Waals surface area contributed by atoms with Crippen molar-refractivity contribution in [2.45, 2.75) is 136 Å². The number of hydrogen-bond acceptors (Lipinski definition) is 3. The van der Waals surface area contributed by atoms with Gasteiger partial charge < -0.3 is 9.52 Å². The fraction of sp³-hybridized carbons (Fsp3) is 0.525. The van der Waals surface area contributed by atoms with Crippen LogP contribution in [0.4, 0.5) is 0 Å². The summed E-state index contributed by atoms with van der Waals surface area (Å²) >= 11 is 0. The van der Waals surface area contributed by atoms with Crippen LogP contribution in [0.2, 0.25) is 0 Å². The van der Waals surface area contributed by atoms with E-state index in [0.29, 0.717) is 17.7 Å².